The van der Waals surface area contributed by atoms with Crippen molar-refractivity contribution in [3.05, 3.63) is 24.2 Å². The third-order valence-electron chi connectivity index (χ3n) is 5.55. The van der Waals surface area contributed by atoms with Gasteiger partial charge in [-0.3, -0.25) is 14.4 Å². The molecular formula is C20H30N8O. The first-order valence-electron chi connectivity index (χ1n) is 10.3. The molecule has 1 atom stereocenters. The van der Waals surface area contributed by atoms with E-state index in [1.54, 1.807) is 6.20 Å². The topological polar surface area (TPSA) is 114 Å². The van der Waals surface area contributed by atoms with Crippen molar-refractivity contribution in [2.24, 2.45) is 5.73 Å². The van der Waals surface area contributed by atoms with Gasteiger partial charge in [0.05, 0.1) is 23.5 Å². The van der Waals surface area contributed by atoms with Gasteiger partial charge in [0.15, 0.2) is 0 Å². The van der Waals surface area contributed by atoms with Crippen molar-refractivity contribution in [3.8, 4) is 0 Å². The summed E-state index contributed by atoms with van der Waals surface area (Å²) >= 11 is 0. The highest BCUT2D eigenvalue weighted by Crippen LogP contribution is 2.28. The Morgan fingerprint density at radius 3 is 2.72 bits per heavy atom. The molecule has 1 saturated heterocycles. The molecule has 4 rings (SSSR count). The van der Waals surface area contributed by atoms with Crippen molar-refractivity contribution < 1.29 is 4.79 Å². The highest BCUT2D eigenvalue weighted by atomic mass is 16.1. The lowest BCUT2D eigenvalue weighted by Gasteiger charge is -2.41. The highest BCUT2D eigenvalue weighted by molar-refractivity contribution is 5.97. The molecule has 3 heterocycles. The second kappa shape index (κ2) is 7.62. The number of primary amides is 1. The van der Waals surface area contributed by atoms with E-state index in [1.807, 2.05) is 10.9 Å². The third kappa shape index (κ3) is 4.67. The number of carbonyl (C=O) groups excluding carboxylic acids is 1. The quantitative estimate of drug-likeness (QED) is 0.685. The van der Waals surface area contributed by atoms with Gasteiger partial charge in [-0.1, -0.05) is 0 Å². The number of nitrogens with zero attached hydrogens (tertiary/aromatic N) is 5. The average Bonchev–Trinajstić information content (AvgIpc) is 3.36. The zero-order chi connectivity index (χ0) is 20.6. The molecule has 0 aromatic carbocycles. The lowest BCUT2D eigenvalue weighted by Crippen LogP contribution is -2.47. The van der Waals surface area contributed by atoms with Crippen molar-refractivity contribution >= 4 is 23.4 Å². The van der Waals surface area contributed by atoms with Gasteiger partial charge in [-0.15, -0.1) is 0 Å². The minimum Gasteiger partial charge on any atom is -0.367 e. The fourth-order valence-electron chi connectivity index (χ4n) is 3.66. The molecule has 29 heavy (non-hydrogen) atoms. The summed E-state index contributed by atoms with van der Waals surface area (Å²) in [6.45, 7) is 8.89. The molecule has 0 radical (unpaired) electrons. The van der Waals surface area contributed by atoms with Gasteiger partial charge in [-0.05, 0) is 53.0 Å². The second-order valence-corrected chi connectivity index (χ2v) is 8.99. The lowest BCUT2D eigenvalue weighted by molar-refractivity contribution is 0.0785. The van der Waals surface area contributed by atoms with Crippen LogP contribution in [0.2, 0.25) is 0 Å². The summed E-state index contributed by atoms with van der Waals surface area (Å²) in [5, 5.41) is 11.0. The Morgan fingerprint density at radius 1 is 1.24 bits per heavy atom. The summed E-state index contributed by atoms with van der Waals surface area (Å²) in [7, 11) is 0. The number of nitrogens with one attached hydrogen (secondary N) is 2. The Morgan fingerprint density at radius 2 is 2.03 bits per heavy atom. The predicted octanol–water partition coefficient (Wildman–Crippen LogP) is 2.53. The van der Waals surface area contributed by atoms with Crippen LogP contribution in [0.3, 0.4) is 0 Å². The Labute approximate surface area is 171 Å². The number of piperidine rings is 1. The van der Waals surface area contributed by atoms with Gasteiger partial charge in [0.25, 0.3) is 5.91 Å². The molecule has 4 N–H and O–H groups in total. The second-order valence-electron chi connectivity index (χ2n) is 8.99. The normalized spacial score (nSPS) is 20.4. The first-order valence-corrected chi connectivity index (χ1v) is 10.3. The molecule has 0 unspecified atom stereocenters. The number of aromatic nitrogens is 4. The molecule has 156 valence electrons. The molecule has 9 heteroatoms. The van der Waals surface area contributed by atoms with E-state index in [0.29, 0.717) is 29.4 Å². The van der Waals surface area contributed by atoms with E-state index in [2.05, 4.69) is 51.4 Å². The van der Waals surface area contributed by atoms with Crippen LogP contribution in [-0.4, -0.2) is 55.2 Å². The first kappa shape index (κ1) is 19.6. The fourth-order valence-corrected chi connectivity index (χ4v) is 3.66. The summed E-state index contributed by atoms with van der Waals surface area (Å²) in [4.78, 5) is 22.8. The number of hydrogen-bond donors (Lipinski definition) is 3. The molecule has 0 spiro atoms. The van der Waals surface area contributed by atoms with Gasteiger partial charge >= 0.3 is 0 Å². The van der Waals surface area contributed by atoms with Crippen LogP contribution in [0.15, 0.2) is 18.6 Å². The summed E-state index contributed by atoms with van der Waals surface area (Å²) in [6.07, 6.45) is 9.68. The fraction of sp³-hybridized carbons (Fsp3) is 0.600. The van der Waals surface area contributed by atoms with Crippen molar-refractivity contribution in [2.45, 2.75) is 64.1 Å². The van der Waals surface area contributed by atoms with E-state index in [1.165, 1.54) is 12.6 Å². The zero-order valence-corrected chi connectivity index (χ0v) is 17.4. The molecule has 1 amide bonds. The molecule has 2 aromatic heterocycles. The predicted molar refractivity (Wildman–Crippen MR) is 112 cm³/mol. The van der Waals surface area contributed by atoms with Gasteiger partial charge in [-0.2, -0.15) is 10.1 Å². The number of nitrogens with two attached hydrogens (primary N) is 1. The zero-order valence-electron chi connectivity index (χ0n) is 17.4. The molecule has 9 nitrogen and oxygen atoms in total. The number of anilines is 3. The van der Waals surface area contributed by atoms with E-state index in [4.69, 9.17) is 5.73 Å². The van der Waals surface area contributed by atoms with Crippen LogP contribution in [0.4, 0.5) is 17.5 Å². The van der Waals surface area contributed by atoms with E-state index in [0.717, 1.165) is 38.0 Å². The number of amides is 1. The van der Waals surface area contributed by atoms with Gasteiger partial charge < -0.3 is 16.4 Å². The number of rotatable bonds is 6. The van der Waals surface area contributed by atoms with Gasteiger partial charge in [0.1, 0.15) is 5.82 Å². The van der Waals surface area contributed by atoms with Crippen LogP contribution < -0.4 is 16.4 Å². The van der Waals surface area contributed by atoms with Crippen molar-refractivity contribution in [1.29, 1.82) is 0 Å². The van der Waals surface area contributed by atoms with Crippen LogP contribution in [0.25, 0.3) is 0 Å². The minimum absolute atomic E-state index is 0.161. The first-order chi connectivity index (χ1) is 13.8. The van der Waals surface area contributed by atoms with Gasteiger partial charge in [0, 0.05) is 30.5 Å². The maximum absolute atomic E-state index is 11.6. The summed E-state index contributed by atoms with van der Waals surface area (Å²) in [6, 6.07) is 0.708. The molecule has 2 fully saturated rings. The maximum atomic E-state index is 11.6. The number of carbonyl (C=O) groups is 1. The highest BCUT2D eigenvalue weighted by Gasteiger charge is 2.29. The molecule has 1 aliphatic heterocycles. The Kier molecular flexibility index (Phi) is 5.16. The van der Waals surface area contributed by atoms with Crippen LogP contribution in [0, 0.1) is 0 Å². The van der Waals surface area contributed by atoms with E-state index in [-0.39, 0.29) is 5.54 Å². The van der Waals surface area contributed by atoms with Crippen molar-refractivity contribution in [3.63, 3.8) is 0 Å². The maximum Gasteiger partial charge on any atom is 0.254 e. The Hall–Kier alpha value is -2.68. The lowest BCUT2D eigenvalue weighted by atomic mass is 9.98. The van der Waals surface area contributed by atoms with Crippen molar-refractivity contribution in [2.75, 3.05) is 23.7 Å². The smallest absolute Gasteiger partial charge is 0.254 e. The molecule has 2 aromatic rings. The number of likely N-dealkylation sites (tertiary alicyclic amines) is 1. The van der Waals surface area contributed by atoms with Crippen LogP contribution in [-0.2, 0) is 0 Å². The van der Waals surface area contributed by atoms with E-state index < -0.39 is 5.91 Å². The van der Waals surface area contributed by atoms with Gasteiger partial charge in [-0.25, -0.2) is 4.98 Å². The van der Waals surface area contributed by atoms with Gasteiger partial charge in [0.2, 0.25) is 5.95 Å². The average molecular weight is 399 g/mol. The minimum atomic E-state index is -0.534. The molecular weight excluding hydrogens is 368 g/mol. The molecule has 1 saturated carbocycles. The standard InChI is InChI=1S/C20H30N8O/c1-20(2,3)27-8-4-5-15(12-27)28-11-14(9-23-28)25-19-22-10-16(17(21)29)18(26-19)24-13-6-7-13/h9-11,13,15H,4-8,12H2,1-3H3,(H2,21,29)(H2,22,24,25,26)/t15-/m0/s1. The number of hydrogen-bond acceptors (Lipinski definition) is 7. The third-order valence-corrected chi connectivity index (χ3v) is 5.55. The SMILES string of the molecule is CC(C)(C)N1CCC[C@H](n2cc(Nc3ncc(C(N)=O)c(NC4CC4)n3)cn2)C1. The van der Waals surface area contributed by atoms with Crippen molar-refractivity contribution in [1.82, 2.24) is 24.6 Å². The van der Waals surface area contributed by atoms with E-state index in [9.17, 15) is 4.79 Å². The molecule has 0 bridgehead atoms. The summed E-state index contributed by atoms with van der Waals surface area (Å²) < 4.78 is 2.03. The Balaban J connectivity index is 1.47. The molecule has 1 aliphatic carbocycles. The monoisotopic (exact) mass is 398 g/mol. The Bertz CT molecular complexity index is 883. The largest absolute Gasteiger partial charge is 0.367 e. The van der Waals surface area contributed by atoms with Crippen LogP contribution in [0.1, 0.15) is 62.9 Å². The summed E-state index contributed by atoms with van der Waals surface area (Å²) in [5.74, 6) is 0.365. The molecule has 2 aliphatic rings. The van der Waals surface area contributed by atoms with E-state index >= 15 is 0 Å². The summed E-state index contributed by atoms with van der Waals surface area (Å²) in [5.41, 5.74) is 6.73. The van der Waals surface area contributed by atoms with Crippen LogP contribution >= 0.6 is 0 Å². The van der Waals surface area contributed by atoms with Crippen LogP contribution in [0.5, 0.6) is 0 Å².